The summed E-state index contributed by atoms with van der Waals surface area (Å²) in [4.78, 5) is 5.59. The number of aromatic nitrogens is 1. The average molecular weight is 253 g/mol. The molecule has 3 aromatic rings. The highest BCUT2D eigenvalue weighted by atomic mass is 32.1. The summed E-state index contributed by atoms with van der Waals surface area (Å²) in [5.74, 6) is 0.751. The van der Waals surface area contributed by atoms with Crippen LogP contribution in [-0.4, -0.2) is 11.2 Å². The zero-order valence-electron chi connectivity index (χ0n) is 9.58. The molecule has 0 bridgehead atoms. The number of nitrogens with zero attached hydrogens (tertiary/aromatic N) is 2. The molecule has 88 valence electrons. The third-order valence-electron chi connectivity index (χ3n) is 2.51. The van der Waals surface area contributed by atoms with Crippen LogP contribution in [0.15, 0.2) is 59.0 Å². The Morgan fingerprint density at radius 1 is 1.06 bits per heavy atom. The highest BCUT2D eigenvalue weighted by Crippen LogP contribution is 2.14. The predicted octanol–water partition coefficient (Wildman–Crippen LogP) is 3.74. The summed E-state index contributed by atoms with van der Waals surface area (Å²) in [7, 11) is 0. The molecule has 0 spiro atoms. The fourth-order valence-corrected chi connectivity index (χ4v) is 2.24. The Bertz CT molecular complexity index is 674. The van der Waals surface area contributed by atoms with Crippen LogP contribution in [0.1, 0.15) is 4.88 Å². The minimum atomic E-state index is 0.751. The largest absolute Gasteiger partial charge is 0.261 e. The summed E-state index contributed by atoms with van der Waals surface area (Å²) >= 11 is 1.65. The molecule has 0 saturated carbocycles. The van der Waals surface area contributed by atoms with Crippen molar-refractivity contribution in [3.8, 4) is 0 Å². The van der Waals surface area contributed by atoms with Gasteiger partial charge in [-0.25, -0.2) is 4.98 Å². The van der Waals surface area contributed by atoms with Crippen molar-refractivity contribution in [1.29, 1.82) is 0 Å². The Hall–Kier alpha value is -2.20. The molecule has 0 unspecified atom stereocenters. The molecule has 0 amide bonds. The van der Waals surface area contributed by atoms with Gasteiger partial charge in [0.1, 0.15) is 5.82 Å². The lowest BCUT2D eigenvalue weighted by Gasteiger charge is -2.01. The fourth-order valence-electron chi connectivity index (χ4n) is 1.66. The zero-order valence-corrected chi connectivity index (χ0v) is 10.4. The monoisotopic (exact) mass is 253 g/mol. The van der Waals surface area contributed by atoms with Crippen molar-refractivity contribution in [2.45, 2.75) is 0 Å². The third-order valence-corrected chi connectivity index (χ3v) is 3.32. The van der Waals surface area contributed by atoms with E-state index in [9.17, 15) is 0 Å². The molecule has 0 fully saturated rings. The molecular formula is C14H11N3S. The molecule has 0 aliphatic rings. The number of pyridine rings is 1. The molecule has 18 heavy (non-hydrogen) atoms. The molecule has 2 aromatic heterocycles. The van der Waals surface area contributed by atoms with Crippen molar-refractivity contribution in [3.05, 3.63) is 58.8 Å². The van der Waals surface area contributed by atoms with Crippen LogP contribution in [-0.2, 0) is 0 Å². The van der Waals surface area contributed by atoms with Crippen LogP contribution in [0, 0.1) is 0 Å². The molecule has 3 rings (SSSR count). The topological polar surface area (TPSA) is 37.3 Å². The number of anilines is 1. The van der Waals surface area contributed by atoms with E-state index in [1.165, 1.54) is 0 Å². The summed E-state index contributed by atoms with van der Waals surface area (Å²) in [6, 6.07) is 16.0. The van der Waals surface area contributed by atoms with Crippen LogP contribution in [0.3, 0.4) is 0 Å². The number of hydrogen-bond donors (Lipinski definition) is 1. The Balaban J connectivity index is 1.78. The Morgan fingerprint density at radius 3 is 2.89 bits per heavy atom. The number of benzene rings is 1. The first kappa shape index (κ1) is 10.9. The summed E-state index contributed by atoms with van der Waals surface area (Å²) in [6.45, 7) is 0. The molecule has 0 aliphatic carbocycles. The second-order valence-corrected chi connectivity index (χ2v) is 4.75. The van der Waals surface area contributed by atoms with E-state index < -0.39 is 0 Å². The zero-order chi connectivity index (χ0) is 12.2. The van der Waals surface area contributed by atoms with Crippen molar-refractivity contribution >= 4 is 34.3 Å². The van der Waals surface area contributed by atoms with E-state index in [4.69, 9.17) is 0 Å². The first-order valence-corrected chi connectivity index (χ1v) is 6.48. The number of para-hydroxylation sites is 1. The number of hydrazone groups is 1. The summed E-state index contributed by atoms with van der Waals surface area (Å²) < 4.78 is 0. The van der Waals surface area contributed by atoms with Crippen molar-refractivity contribution in [3.63, 3.8) is 0 Å². The van der Waals surface area contributed by atoms with Crippen LogP contribution in [0.25, 0.3) is 10.9 Å². The lowest BCUT2D eigenvalue weighted by molar-refractivity contribution is 1.27. The number of hydrogen-bond acceptors (Lipinski definition) is 4. The van der Waals surface area contributed by atoms with Gasteiger partial charge in [-0.2, -0.15) is 5.10 Å². The second kappa shape index (κ2) is 4.98. The maximum absolute atomic E-state index is 4.47. The number of fused-ring (bicyclic) bond motifs is 1. The van der Waals surface area contributed by atoms with Gasteiger partial charge in [0.2, 0.25) is 0 Å². The Labute approximate surface area is 109 Å². The van der Waals surface area contributed by atoms with E-state index >= 15 is 0 Å². The van der Waals surface area contributed by atoms with Gasteiger partial charge in [-0.15, -0.1) is 11.3 Å². The smallest absolute Gasteiger partial charge is 0.146 e. The molecule has 4 heteroatoms. The van der Waals surface area contributed by atoms with E-state index in [-0.39, 0.29) is 0 Å². The van der Waals surface area contributed by atoms with E-state index in [0.717, 1.165) is 21.6 Å². The van der Waals surface area contributed by atoms with Gasteiger partial charge in [0, 0.05) is 10.3 Å². The number of thiophene rings is 1. The van der Waals surface area contributed by atoms with Crippen molar-refractivity contribution in [2.24, 2.45) is 5.10 Å². The number of nitrogens with one attached hydrogen (secondary N) is 1. The van der Waals surface area contributed by atoms with Gasteiger partial charge in [-0.3, -0.25) is 5.43 Å². The molecular weight excluding hydrogens is 242 g/mol. The van der Waals surface area contributed by atoms with E-state index in [1.807, 2.05) is 53.9 Å². The standard InChI is InChI=1S/C14H11N3S/c1-2-6-13-11(4-1)7-8-14(16-13)17-15-10-12-5-3-9-18-12/h1-10H,(H,16,17)/b15-10-. The van der Waals surface area contributed by atoms with Gasteiger partial charge in [-0.05, 0) is 29.6 Å². The van der Waals surface area contributed by atoms with E-state index in [2.05, 4.69) is 15.5 Å². The molecule has 0 radical (unpaired) electrons. The normalized spacial score (nSPS) is 11.1. The first-order valence-electron chi connectivity index (χ1n) is 5.60. The van der Waals surface area contributed by atoms with Gasteiger partial charge in [-0.1, -0.05) is 24.3 Å². The summed E-state index contributed by atoms with van der Waals surface area (Å²) in [6.07, 6.45) is 1.79. The van der Waals surface area contributed by atoms with Gasteiger partial charge >= 0.3 is 0 Å². The second-order valence-electron chi connectivity index (χ2n) is 3.77. The lowest BCUT2D eigenvalue weighted by Crippen LogP contribution is -1.92. The van der Waals surface area contributed by atoms with Crippen LogP contribution >= 0.6 is 11.3 Å². The van der Waals surface area contributed by atoms with Crippen LogP contribution in [0.5, 0.6) is 0 Å². The molecule has 2 heterocycles. The minimum absolute atomic E-state index is 0.751. The minimum Gasteiger partial charge on any atom is -0.261 e. The fraction of sp³-hybridized carbons (Fsp3) is 0. The molecule has 1 N–H and O–H groups in total. The van der Waals surface area contributed by atoms with Gasteiger partial charge in [0.25, 0.3) is 0 Å². The molecule has 1 aromatic carbocycles. The van der Waals surface area contributed by atoms with E-state index in [0.29, 0.717) is 0 Å². The number of rotatable bonds is 3. The van der Waals surface area contributed by atoms with Gasteiger partial charge in [0.15, 0.2) is 0 Å². The van der Waals surface area contributed by atoms with Crippen molar-refractivity contribution in [1.82, 2.24) is 4.98 Å². The maximum atomic E-state index is 4.47. The van der Waals surface area contributed by atoms with Gasteiger partial charge in [0.05, 0.1) is 11.7 Å². The van der Waals surface area contributed by atoms with Crippen molar-refractivity contribution < 1.29 is 0 Å². The Kier molecular flexibility index (Phi) is 3.02. The van der Waals surface area contributed by atoms with Crippen LogP contribution in [0.4, 0.5) is 5.82 Å². The third kappa shape index (κ3) is 2.38. The molecule has 0 saturated heterocycles. The van der Waals surface area contributed by atoms with Crippen LogP contribution < -0.4 is 5.43 Å². The molecule has 3 nitrogen and oxygen atoms in total. The first-order chi connectivity index (χ1) is 8.92. The predicted molar refractivity (Wildman–Crippen MR) is 77.3 cm³/mol. The SMILES string of the molecule is C(=N/Nc1ccc2ccccc2n1)/c1cccs1. The molecule has 0 atom stereocenters. The highest BCUT2D eigenvalue weighted by molar-refractivity contribution is 7.11. The summed E-state index contributed by atoms with van der Waals surface area (Å²) in [5.41, 5.74) is 3.91. The average Bonchev–Trinajstić information content (AvgIpc) is 2.92. The van der Waals surface area contributed by atoms with Crippen molar-refractivity contribution in [2.75, 3.05) is 5.43 Å². The summed E-state index contributed by atoms with van der Waals surface area (Å²) in [5, 5.41) is 7.32. The van der Waals surface area contributed by atoms with Crippen LogP contribution in [0.2, 0.25) is 0 Å². The quantitative estimate of drug-likeness (QED) is 0.570. The highest BCUT2D eigenvalue weighted by Gasteiger charge is 1.95. The Morgan fingerprint density at radius 2 is 2.00 bits per heavy atom. The van der Waals surface area contributed by atoms with E-state index in [1.54, 1.807) is 17.6 Å². The lowest BCUT2D eigenvalue weighted by atomic mass is 10.2. The maximum Gasteiger partial charge on any atom is 0.146 e. The molecule has 0 aliphatic heterocycles. The van der Waals surface area contributed by atoms with Gasteiger partial charge < -0.3 is 0 Å².